The molecule has 2 aromatic rings. The van der Waals surface area contributed by atoms with Gasteiger partial charge in [0.1, 0.15) is 12.4 Å². The smallest absolute Gasteiger partial charge is 0.323 e. The second kappa shape index (κ2) is 6.63. The molecule has 0 fully saturated rings. The molecule has 146 valence electrons. The summed E-state index contributed by atoms with van der Waals surface area (Å²) in [7, 11) is 1.72. The molecule has 0 atom stereocenters. The lowest BCUT2D eigenvalue weighted by atomic mass is 9.93. The van der Waals surface area contributed by atoms with Crippen LogP contribution in [0.2, 0.25) is 0 Å². The SMILES string of the molecule is CN1C(=O)C(C)(C)COc2cc(NC(=O)Nc3ccc4c(c3)OCO4)ccc21. The fourth-order valence-corrected chi connectivity index (χ4v) is 3.14. The molecule has 2 aliphatic heterocycles. The van der Waals surface area contributed by atoms with E-state index in [2.05, 4.69) is 10.6 Å². The van der Waals surface area contributed by atoms with Gasteiger partial charge in [-0.2, -0.15) is 0 Å². The van der Waals surface area contributed by atoms with Crippen LogP contribution in [-0.2, 0) is 4.79 Å². The number of hydrogen-bond donors (Lipinski definition) is 2. The van der Waals surface area contributed by atoms with Crippen LogP contribution >= 0.6 is 0 Å². The second-order valence-electron chi connectivity index (χ2n) is 7.37. The van der Waals surface area contributed by atoms with E-state index in [1.165, 1.54) is 0 Å². The Morgan fingerprint density at radius 2 is 1.61 bits per heavy atom. The van der Waals surface area contributed by atoms with Gasteiger partial charge in [0.25, 0.3) is 0 Å². The minimum absolute atomic E-state index is 0.0208. The Morgan fingerprint density at radius 3 is 2.36 bits per heavy atom. The molecule has 3 amide bonds. The first kappa shape index (κ1) is 18.0. The van der Waals surface area contributed by atoms with Crippen molar-refractivity contribution in [1.29, 1.82) is 0 Å². The van der Waals surface area contributed by atoms with Crippen molar-refractivity contribution in [2.75, 3.05) is 36.0 Å². The van der Waals surface area contributed by atoms with Gasteiger partial charge in [-0.3, -0.25) is 4.79 Å². The van der Waals surface area contributed by atoms with Crippen molar-refractivity contribution in [2.24, 2.45) is 5.41 Å². The highest BCUT2D eigenvalue weighted by Crippen LogP contribution is 2.37. The molecule has 4 rings (SSSR count). The highest BCUT2D eigenvalue weighted by Gasteiger charge is 2.36. The molecule has 0 spiro atoms. The fourth-order valence-electron chi connectivity index (χ4n) is 3.14. The van der Waals surface area contributed by atoms with Gasteiger partial charge in [0.05, 0.1) is 11.1 Å². The topological polar surface area (TPSA) is 89.1 Å². The van der Waals surface area contributed by atoms with Crippen LogP contribution in [0.25, 0.3) is 0 Å². The standard InChI is InChI=1S/C20H21N3O5/c1-20(2)10-26-16-8-12(4-6-14(16)23(3)18(20)24)21-19(25)22-13-5-7-15-17(9-13)28-11-27-15/h4-9H,10-11H2,1-3H3,(H2,21,22,25). The van der Waals surface area contributed by atoms with Crippen LogP contribution in [0, 0.1) is 5.41 Å². The summed E-state index contributed by atoms with van der Waals surface area (Å²) >= 11 is 0. The maximum atomic E-state index is 12.5. The molecular formula is C20H21N3O5. The number of urea groups is 1. The lowest BCUT2D eigenvalue weighted by molar-refractivity contribution is -0.127. The summed E-state index contributed by atoms with van der Waals surface area (Å²) in [4.78, 5) is 26.4. The number of amides is 3. The minimum atomic E-state index is -0.627. The maximum Gasteiger partial charge on any atom is 0.323 e. The lowest BCUT2D eigenvalue weighted by Gasteiger charge is -2.24. The molecule has 2 heterocycles. The van der Waals surface area contributed by atoms with Crippen molar-refractivity contribution >= 4 is 29.0 Å². The van der Waals surface area contributed by atoms with Crippen LogP contribution in [0.4, 0.5) is 21.9 Å². The Balaban J connectivity index is 1.48. The molecule has 2 N–H and O–H groups in total. The number of benzene rings is 2. The van der Waals surface area contributed by atoms with Crippen LogP contribution in [-0.4, -0.2) is 32.4 Å². The molecule has 0 saturated heterocycles. The van der Waals surface area contributed by atoms with Gasteiger partial charge in [-0.05, 0) is 38.1 Å². The number of nitrogens with one attached hydrogen (secondary N) is 2. The summed E-state index contributed by atoms with van der Waals surface area (Å²) in [5.74, 6) is 1.76. The van der Waals surface area contributed by atoms with Gasteiger partial charge in [0.2, 0.25) is 12.7 Å². The Labute approximate surface area is 162 Å². The fraction of sp³-hybridized carbons (Fsp3) is 0.300. The van der Waals surface area contributed by atoms with Gasteiger partial charge >= 0.3 is 6.03 Å². The van der Waals surface area contributed by atoms with Gasteiger partial charge in [-0.25, -0.2) is 4.79 Å². The minimum Gasteiger partial charge on any atom is -0.490 e. The summed E-state index contributed by atoms with van der Waals surface area (Å²) in [5, 5.41) is 5.52. The molecule has 0 bridgehead atoms. The molecule has 28 heavy (non-hydrogen) atoms. The zero-order valence-corrected chi connectivity index (χ0v) is 15.9. The number of anilines is 3. The third kappa shape index (κ3) is 3.28. The number of ether oxygens (including phenoxy) is 3. The third-order valence-corrected chi connectivity index (χ3v) is 4.68. The van der Waals surface area contributed by atoms with Crippen molar-refractivity contribution < 1.29 is 23.8 Å². The molecule has 8 nitrogen and oxygen atoms in total. The predicted octanol–water partition coefficient (Wildman–Crippen LogP) is 3.44. The predicted molar refractivity (Wildman–Crippen MR) is 104 cm³/mol. The van der Waals surface area contributed by atoms with Gasteiger partial charge in [-0.15, -0.1) is 0 Å². The molecular weight excluding hydrogens is 362 g/mol. The Kier molecular flexibility index (Phi) is 4.26. The maximum absolute atomic E-state index is 12.5. The van der Waals surface area contributed by atoms with E-state index < -0.39 is 11.4 Å². The van der Waals surface area contributed by atoms with Crippen LogP contribution in [0.1, 0.15) is 13.8 Å². The lowest BCUT2D eigenvalue weighted by Crippen LogP contribution is -2.39. The summed E-state index contributed by atoms with van der Waals surface area (Å²) in [6, 6.07) is 9.95. The number of carbonyl (C=O) groups is 2. The molecule has 0 radical (unpaired) electrons. The van der Waals surface area contributed by atoms with Gasteiger partial charge < -0.3 is 29.7 Å². The molecule has 0 unspecified atom stereocenters. The Hall–Kier alpha value is -3.42. The van der Waals surface area contributed by atoms with E-state index in [1.807, 2.05) is 13.8 Å². The van der Waals surface area contributed by atoms with E-state index in [9.17, 15) is 9.59 Å². The summed E-state index contributed by atoms with van der Waals surface area (Å²) < 4.78 is 16.4. The van der Waals surface area contributed by atoms with Gasteiger partial charge in [-0.1, -0.05) is 0 Å². The highest BCUT2D eigenvalue weighted by molar-refractivity contribution is 6.02. The quantitative estimate of drug-likeness (QED) is 0.829. The van der Waals surface area contributed by atoms with Crippen LogP contribution in [0.5, 0.6) is 17.2 Å². The van der Waals surface area contributed by atoms with Crippen molar-refractivity contribution in [3.05, 3.63) is 36.4 Å². The molecule has 0 aliphatic carbocycles. The zero-order valence-electron chi connectivity index (χ0n) is 15.9. The summed E-state index contributed by atoms with van der Waals surface area (Å²) in [5.41, 5.74) is 1.17. The molecule has 0 saturated carbocycles. The van der Waals surface area contributed by atoms with Crippen molar-refractivity contribution in [1.82, 2.24) is 0 Å². The van der Waals surface area contributed by atoms with Crippen LogP contribution < -0.4 is 29.7 Å². The zero-order chi connectivity index (χ0) is 19.9. The molecule has 8 heteroatoms. The second-order valence-corrected chi connectivity index (χ2v) is 7.37. The first-order valence-corrected chi connectivity index (χ1v) is 8.86. The number of hydrogen-bond acceptors (Lipinski definition) is 5. The highest BCUT2D eigenvalue weighted by atomic mass is 16.7. The third-order valence-electron chi connectivity index (χ3n) is 4.68. The normalized spacial score (nSPS) is 16.7. The number of nitrogens with zero attached hydrogens (tertiary/aromatic N) is 1. The largest absolute Gasteiger partial charge is 0.490 e. The van der Waals surface area contributed by atoms with E-state index in [1.54, 1.807) is 48.3 Å². The number of fused-ring (bicyclic) bond motifs is 2. The van der Waals surface area contributed by atoms with E-state index in [0.717, 1.165) is 0 Å². The summed E-state index contributed by atoms with van der Waals surface area (Å²) in [6.45, 7) is 4.12. The van der Waals surface area contributed by atoms with E-state index in [-0.39, 0.29) is 19.3 Å². The average Bonchev–Trinajstić information content (AvgIpc) is 3.10. The number of carbonyl (C=O) groups excluding carboxylic acids is 2. The van der Waals surface area contributed by atoms with Gasteiger partial charge in [0.15, 0.2) is 11.5 Å². The van der Waals surface area contributed by atoms with Crippen LogP contribution in [0.15, 0.2) is 36.4 Å². The Bertz CT molecular complexity index is 957. The van der Waals surface area contributed by atoms with Crippen molar-refractivity contribution in [3.63, 3.8) is 0 Å². The van der Waals surface area contributed by atoms with Crippen LogP contribution in [0.3, 0.4) is 0 Å². The van der Waals surface area contributed by atoms with E-state index in [0.29, 0.717) is 34.3 Å². The summed E-state index contributed by atoms with van der Waals surface area (Å²) in [6.07, 6.45) is 0. The first-order chi connectivity index (χ1) is 13.3. The van der Waals surface area contributed by atoms with E-state index in [4.69, 9.17) is 14.2 Å². The first-order valence-electron chi connectivity index (χ1n) is 8.86. The Morgan fingerprint density at radius 1 is 0.964 bits per heavy atom. The monoisotopic (exact) mass is 383 g/mol. The molecule has 2 aromatic carbocycles. The van der Waals surface area contributed by atoms with Gasteiger partial charge in [0, 0.05) is 30.6 Å². The average molecular weight is 383 g/mol. The number of rotatable bonds is 2. The van der Waals surface area contributed by atoms with Crippen molar-refractivity contribution in [2.45, 2.75) is 13.8 Å². The molecule has 0 aromatic heterocycles. The van der Waals surface area contributed by atoms with E-state index >= 15 is 0 Å². The van der Waals surface area contributed by atoms with Crippen molar-refractivity contribution in [3.8, 4) is 17.2 Å². The molecule has 2 aliphatic rings.